The molecule has 4 aromatic rings. The Morgan fingerprint density at radius 2 is 1.67 bits per heavy atom. The minimum Gasteiger partial charge on any atom is -0.492 e. The number of benzene rings is 2. The minimum atomic E-state index is -3.63. The van der Waals surface area contributed by atoms with Crippen molar-refractivity contribution in [1.29, 1.82) is 0 Å². The molecule has 4 rings (SSSR count). The molecule has 2 heterocycles. The molecular weight excluding hydrogens is 594 g/mol. The van der Waals surface area contributed by atoms with Gasteiger partial charge < -0.3 is 30.2 Å². The lowest BCUT2D eigenvalue weighted by atomic mass is 9.86. The van der Waals surface area contributed by atoms with Crippen LogP contribution in [0, 0.1) is 0 Å². The number of ether oxygens (including phenoxy) is 1. The molecule has 0 spiro atoms. The number of carbonyl (C=O) groups excluding carboxylic acids is 2. The molecular formula is C32H41N7O5S. The number of methoxy groups -OCH3 is 1. The van der Waals surface area contributed by atoms with Crippen LogP contribution in [0.4, 0.5) is 22.9 Å². The van der Waals surface area contributed by atoms with Gasteiger partial charge in [-0.15, -0.1) is 0 Å². The molecule has 0 aliphatic heterocycles. The second kappa shape index (κ2) is 13.2. The number of sulfonamides is 1. The molecule has 12 nitrogen and oxygen atoms in total. The molecule has 0 saturated carbocycles. The number of likely N-dealkylation sites (N-methyl/N-ethyl adjacent to an activating group) is 1. The smallest absolute Gasteiger partial charge is 0.272 e. The maximum Gasteiger partial charge on any atom is 0.272 e. The number of hydrogen-bond acceptors (Lipinski definition) is 8. The summed E-state index contributed by atoms with van der Waals surface area (Å²) >= 11 is 0. The minimum absolute atomic E-state index is 0.181. The number of pyridine rings is 1. The summed E-state index contributed by atoms with van der Waals surface area (Å²) in [4.78, 5) is 33.3. The Bertz CT molecular complexity index is 1830. The average molecular weight is 636 g/mol. The Morgan fingerprint density at radius 3 is 2.27 bits per heavy atom. The molecule has 0 atom stereocenters. The van der Waals surface area contributed by atoms with Crippen molar-refractivity contribution in [3.8, 4) is 5.75 Å². The van der Waals surface area contributed by atoms with Crippen LogP contribution in [-0.4, -0.2) is 75.2 Å². The van der Waals surface area contributed by atoms with E-state index in [9.17, 15) is 18.0 Å². The van der Waals surface area contributed by atoms with Crippen molar-refractivity contribution in [3.05, 3.63) is 71.5 Å². The number of anilines is 4. The average Bonchev–Trinajstić information content (AvgIpc) is 3.29. The monoisotopic (exact) mass is 635 g/mol. The van der Waals surface area contributed by atoms with E-state index in [1.165, 1.54) is 13.3 Å². The molecule has 0 unspecified atom stereocenters. The molecule has 240 valence electrons. The molecule has 0 radical (unpaired) electrons. The van der Waals surface area contributed by atoms with Gasteiger partial charge in [0.05, 0.1) is 41.5 Å². The van der Waals surface area contributed by atoms with Crippen molar-refractivity contribution in [3.63, 3.8) is 0 Å². The number of nitrogens with one attached hydrogen (secondary N) is 4. The summed E-state index contributed by atoms with van der Waals surface area (Å²) in [7, 11) is 3.50. The zero-order valence-electron chi connectivity index (χ0n) is 26.9. The maximum atomic E-state index is 13.7. The number of amides is 2. The Hall–Kier alpha value is -4.62. The Morgan fingerprint density at radius 1 is 0.978 bits per heavy atom. The molecule has 13 heteroatoms. The SMILES string of the molecule is COc1c(NC(=O)c2cc3cccc(NC(=O)c4ccc(NCCN(C)C)nc4)c3n2C)cc(C(C)(C)C)cc1NS(C)(=O)=O. The fourth-order valence-electron chi connectivity index (χ4n) is 4.81. The summed E-state index contributed by atoms with van der Waals surface area (Å²) < 4.78 is 34.0. The van der Waals surface area contributed by atoms with Crippen LogP contribution in [0.5, 0.6) is 5.75 Å². The Labute approximate surface area is 264 Å². The second-order valence-electron chi connectivity index (χ2n) is 12.1. The van der Waals surface area contributed by atoms with Gasteiger partial charge in [-0.1, -0.05) is 32.9 Å². The molecule has 0 aliphatic rings. The van der Waals surface area contributed by atoms with Crippen LogP contribution < -0.4 is 25.4 Å². The van der Waals surface area contributed by atoms with Gasteiger partial charge in [0.2, 0.25) is 10.0 Å². The van der Waals surface area contributed by atoms with Gasteiger partial charge in [-0.2, -0.15) is 0 Å². The van der Waals surface area contributed by atoms with Crippen molar-refractivity contribution < 1.29 is 22.7 Å². The first kappa shape index (κ1) is 33.3. The predicted molar refractivity (Wildman–Crippen MR) is 180 cm³/mol. The number of hydrogen-bond donors (Lipinski definition) is 4. The van der Waals surface area contributed by atoms with Gasteiger partial charge in [0.25, 0.3) is 11.8 Å². The van der Waals surface area contributed by atoms with Crippen LogP contribution >= 0.6 is 0 Å². The van der Waals surface area contributed by atoms with E-state index in [1.807, 2.05) is 40.9 Å². The van der Waals surface area contributed by atoms with Gasteiger partial charge in [0, 0.05) is 31.7 Å². The zero-order valence-corrected chi connectivity index (χ0v) is 27.7. The highest BCUT2D eigenvalue weighted by Crippen LogP contribution is 2.39. The van der Waals surface area contributed by atoms with E-state index in [0.29, 0.717) is 34.0 Å². The quantitative estimate of drug-likeness (QED) is 0.185. The second-order valence-corrected chi connectivity index (χ2v) is 13.9. The first-order chi connectivity index (χ1) is 21.1. The molecule has 2 aromatic heterocycles. The third kappa shape index (κ3) is 8.11. The lowest BCUT2D eigenvalue weighted by molar-refractivity contribution is 0.101. The highest BCUT2D eigenvalue weighted by molar-refractivity contribution is 7.92. The van der Waals surface area contributed by atoms with E-state index in [1.54, 1.807) is 54.1 Å². The standard InChI is InChI=1S/C32H41N7O5S/c1-32(2,3)22-17-24(29(44-7)25(18-22)37-45(8,42)43)36-31(41)26-16-20-10-9-11-23(28(20)39(26)6)35-30(40)21-12-13-27(34-19-21)33-14-15-38(4)5/h9-13,16-19,37H,14-15H2,1-8H3,(H,33,34)(H,35,40)(H,36,41). The molecule has 2 amide bonds. The number of carbonyl (C=O) groups is 2. The first-order valence-electron chi connectivity index (χ1n) is 14.3. The highest BCUT2D eigenvalue weighted by Gasteiger charge is 2.24. The van der Waals surface area contributed by atoms with Crippen LogP contribution in [0.15, 0.2) is 54.7 Å². The number of rotatable bonds is 11. The summed E-state index contributed by atoms with van der Waals surface area (Å²) in [6.45, 7) is 7.53. The van der Waals surface area contributed by atoms with Gasteiger partial charge in [-0.05, 0) is 61.5 Å². The van der Waals surface area contributed by atoms with Gasteiger partial charge >= 0.3 is 0 Å². The molecule has 2 aromatic carbocycles. The summed E-state index contributed by atoms with van der Waals surface area (Å²) in [6.07, 6.45) is 2.57. The fraction of sp³-hybridized carbons (Fsp3) is 0.344. The molecule has 0 saturated heterocycles. The van der Waals surface area contributed by atoms with Crippen LogP contribution in [0.25, 0.3) is 10.9 Å². The van der Waals surface area contributed by atoms with Crippen LogP contribution in [0.3, 0.4) is 0 Å². The van der Waals surface area contributed by atoms with Crippen molar-refractivity contribution >= 4 is 55.6 Å². The molecule has 0 aliphatic carbocycles. The number of nitrogens with zero attached hydrogens (tertiary/aromatic N) is 3. The van der Waals surface area contributed by atoms with E-state index in [-0.39, 0.29) is 22.8 Å². The lowest BCUT2D eigenvalue weighted by Crippen LogP contribution is -2.21. The summed E-state index contributed by atoms with van der Waals surface area (Å²) in [6, 6.07) is 14.1. The van der Waals surface area contributed by atoms with Gasteiger partial charge in [0.1, 0.15) is 11.5 Å². The summed E-state index contributed by atoms with van der Waals surface area (Å²) in [5.41, 5.74) is 2.86. The van der Waals surface area contributed by atoms with E-state index in [2.05, 4.69) is 30.6 Å². The Kier molecular flexibility index (Phi) is 9.74. The largest absolute Gasteiger partial charge is 0.492 e. The number of fused-ring (bicyclic) bond motifs is 1. The number of aryl methyl sites for hydroxylation is 1. The predicted octanol–water partition coefficient (Wildman–Crippen LogP) is 4.73. The first-order valence-corrected chi connectivity index (χ1v) is 16.2. The van der Waals surface area contributed by atoms with Gasteiger partial charge in [0.15, 0.2) is 5.75 Å². The van der Waals surface area contributed by atoms with E-state index in [4.69, 9.17) is 4.74 Å². The van der Waals surface area contributed by atoms with E-state index < -0.39 is 15.9 Å². The molecule has 0 bridgehead atoms. The van der Waals surface area contributed by atoms with Gasteiger partial charge in [-0.3, -0.25) is 14.3 Å². The van der Waals surface area contributed by atoms with Crippen LogP contribution in [0.2, 0.25) is 0 Å². The normalized spacial score (nSPS) is 11.8. The molecule has 45 heavy (non-hydrogen) atoms. The van der Waals surface area contributed by atoms with Crippen LogP contribution in [0.1, 0.15) is 47.2 Å². The Balaban J connectivity index is 1.62. The van der Waals surface area contributed by atoms with E-state index >= 15 is 0 Å². The van der Waals surface area contributed by atoms with Crippen molar-refractivity contribution in [2.24, 2.45) is 7.05 Å². The zero-order chi connectivity index (χ0) is 33.1. The van der Waals surface area contributed by atoms with Gasteiger partial charge in [-0.25, -0.2) is 13.4 Å². The summed E-state index contributed by atoms with van der Waals surface area (Å²) in [5, 5.41) is 9.82. The van der Waals surface area contributed by atoms with Crippen molar-refractivity contribution in [1.82, 2.24) is 14.5 Å². The fourth-order valence-corrected chi connectivity index (χ4v) is 5.36. The highest BCUT2D eigenvalue weighted by atomic mass is 32.2. The summed E-state index contributed by atoms with van der Waals surface area (Å²) in [5.74, 6) is 0.0809. The number of para-hydroxylation sites is 1. The van der Waals surface area contributed by atoms with Crippen molar-refractivity contribution in [2.75, 3.05) is 61.2 Å². The third-order valence-electron chi connectivity index (χ3n) is 7.13. The topological polar surface area (TPSA) is 147 Å². The molecule has 0 fully saturated rings. The van der Waals surface area contributed by atoms with Crippen LogP contribution in [-0.2, 0) is 22.5 Å². The molecule has 4 N–H and O–H groups in total. The van der Waals surface area contributed by atoms with E-state index in [0.717, 1.165) is 30.3 Å². The third-order valence-corrected chi connectivity index (χ3v) is 7.72. The number of aromatic nitrogens is 2. The van der Waals surface area contributed by atoms with Crippen molar-refractivity contribution in [2.45, 2.75) is 26.2 Å². The maximum absolute atomic E-state index is 13.7. The lowest BCUT2D eigenvalue weighted by Gasteiger charge is -2.24.